The van der Waals surface area contributed by atoms with Crippen LogP contribution in [0.5, 0.6) is 0 Å². The first kappa shape index (κ1) is 17.8. The number of halogens is 2. The van der Waals surface area contributed by atoms with Crippen LogP contribution in [0.25, 0.3) is 0 Å². The first-order valence-electron chi connectivity index (χ1n) is 6.46. The molecular formula is C14H11Cl2N3O5. The first-order chi connectivity index (χ1) is 11.2. The van der Waals surface area contributed by atoms with Crippen molar-refractivity contribution in [3.63, 3.8) is 0 Å². The highest BCUT2D eigenvalue weighted by Gasteiger charge is 2.20. The number of rotatable bonds is 4. The molecule has 0 saturated carbocycles. The number of carbonyl (C=O) groups excluding carboxylic acids is 2. The predicted octanol–water partition coefficient (Wildman–Crippen LogP) is 1.00. The maximum Gasteiger partial charge on any atom is 0.338 e. The van der Waals surface area contributed by atoms with Crippen molar-refractivity contribution in [2.24, 2.45) is 7.05 Å². The highest BCUT2D eigenvalue weighted by Crippen LogP contribution is 2.22. The lowest BCUT2D eigenvalue weighted by molar-refractivity contribution is 0.0474. The number of ether oxygens (including phenoxy) is 1. The molecule has 10 heteroatoms. The number of Topliss-reactive ketones (excluding diaryl/α,β-unsaturated/α-hetero) is 1. The minimum absolute atomic E-state index is 0.0829. The van der Waals surface area contributed by atoms with Gasteiger partial charge in [0.2, 0.25) is 5.78 Å². The number of nitrogen functional groups attached to an aromatic ring is 1. The Labute approximate surface area is 144 Å². The molecular weight excluding hydrogens is 361 g/mol. The summed E-state index contributed by atoms with van der Waals surface area (Å²) in [6.07, 6.45) is 0. The number of carbonyl (C=O) groups is 2. The number of nitrogens with two attached hydrogens (primary N) is 1. The molecule has 1 aromatic heterocycles. The monoisotopic (exact) mass is 371 g/mol. The lowest BCUT2D eigenvalue weighted by Crippen LogP contribution is -2.35. The van der Waals surface area contributed by atoms with E-state index in [9.17, 15) is 19.2 Å². The fourth-order valence-corrected chi connectivity index (χ4v) is 2.11. The zero-order chi connectivity index (χ0) is 18.0. The van der Waals surface area contributed by atoms with Crippen LogP contribution in [0.4, 0.5) is 5.82 Å². The van der Waals surface area contributed by atoms with Crippen molar-refractivity contribution >= 4 is 40.8 Å². The third kappa shape index (κ3) is 3.50. The van der Waals surface area contributed by atoms with Gasteiger partial charge in [0.25, 0.3) is 5.56 Å². The Morgan fingerprint density at radius 1 is 1.25 bits per heavy atom. The number of benzene rings is 1. The minimum Gasteiger partial charge on any atom is -0.454 e. The van der Waals surface area contributed by atoms with Crippen LogP contribution in [-0.4, -0.2) is 27.9 Å². The average molecular weight is 372 g/mol. The number of hydrogen-bond acceptors (Lipinski definition) is 6. The van der Waals surface area contributed by atoms with E-state index in [-0.39, 0.29) is 21.4 Å². The molecule has 0 unspecified atom stereocenters. The Bertz CT molecular complexity index is 948. The van der Waals surface area contributed by atoms with Crippen molar-refractivity contribution in [3.8, 4) is 0 Å². The molecule has 1 aromatic carbocycles. The van der Waals surface area contributed by atoms with Crippen molar-refractivity contribution in [1.29, 1.82) is 0 Å². The standard InChI is InChI=1S/C14H11Cl2N3O5/c1-19-11(17)10(12(21)18-14(19)23)9(20)5-24-13(22)6-2-3-7(15)8(16)4-6/h2-4H,5,17H2,1H3,(H,18,21,23). The van der Waals surface area contributed by atoms with Crippen LogP contribution in [-0.2, 0) is 11.8 Å². The van der Waals surface area contributed by atoms with Crippen LogP contribution < -0.4 is 17.0 Å². The predicted molar refractivity (Wildman–Crippen MR) is 87.8 cm³/mol. The van der Waals surface area contributed by atoms with Crippen molar-refractivity contribution in [2.75, 3.05) is 12.3 Å². The molecule has 0 radical (unpaired) electrons. The van der Waals surface area contributed by atoms with Crippen LogP contribution in [0.2, 0.25) is 10.0 Å². The van der Waals surface area contributed by atoms with Gasteiger partial charge in [-0.05, 0) is 18.2 Å². The lowest BCUT2D eigenvalue weighted by Gasteiger charge is -2.08. The zero-order valence-electron chi connectivity index (χ0n) is 12.3. The van der Waals surface area contributed by atoms with Crippen molar-refractivity contribution in [2.45, 2.75) is 0 Å². The van der Waals surface area contributed by atoms with Crippen molar-refractivity contribution in [1.82, 2.24) is 9.55 Å². The van der Waals surface area contributed by atoms with Gasteiger partial charge in [0, 0.05) is 7.05 Å². The van der Waals surface area contributed by atoms with Gasteiger partial charge in [0.15, 0.2) is 6.61 Å². The number of anilines is 1. The Hall–Kier alpha value is -2.58. The Morgan fingerprint density at radius 3 is 2.54 bits per heavy atom. The first-order valence-corrected chi connectivity index (χ1v) is 7.22. The molecule has 0 amide bonds. The molecule has 0 aliphatic carbocycles. The highest BCUT2D eigenvalue weighted by molar-refractivity contribution is 6.42. The van der Waals surface area contributed by atoms with E-state index in [1.807, 2.05) is 4.98 Å². The van der Waals surface area contributed by atoms with E-state index in [0.29, 0.717) is 0 Å². The van der Waals surface area contributed by atoms with Gasteiger partial charge in [-0.3, -0.25) is 19.1 Å². The molecule has 0 fully saturated rings. The van der Waals surface area contributed by atoms with Crippen molar-refractivity contribution in [3.05, 3.63) is 60.2 Å². The quantitative estimate of drug-likeness (QED) is 0.610. The summed E-state index contributed by atoms with van der Waals surface area (Å²) < 4.78 is 5.73. The lowest BCUT2D eigenvalue weighted by atomic mass is 10.2. The number of aromatic amines is 1. The van der Waals surface area contributed by atoms with Gasteiger partial charge >= 0.3 is 11.7 Å². The van der Waals surface area contributed by atoms with E-state index in [1.54, 1.807) is 0 Å². The number of nitrogens with one attached hydrogen (secondary N) is 1. The molecule has 126 valence electrons. The largest absolute Gasteiger partial charge is 0.454 e. The van der Waals surface area contributed by atoms with E-state index in [2.05, 4.69) is 0 Å². The highest BCUT2D eigenvalue weighted by atomic mass is 35.5. The third-order valence-electron chi connectivity index (χ3n) is 3.14. The third-order valence-corrected chi connectivity index (χ3v) is 3.88. The number of H-pyrrole nitrogens is 1. The van der Waals surface area contributed by atoms with Gasteiger partial charge in [0.05, 0.1) is 15.6 Å². The van der Waals surface area contributed by atoms with E-state index in [4.69, 9.17) is 33.7 Å². The second-order valence-corrected chi connectivity index (χ2v) is 5.52. The summed E-state index contributed by atoms with van der Waals surface area (Å²) in [6.45, 7) is -0.732. The normalized spacial score (nSPS) is 10.5. The molecule has 2 rings (SSSR count). The molecule has 1 heterocycles. The Balaban J connectivity index is 2.18. The van der Waals surface area contributed by atoms with Gasteiger partial charge in [-0.15, -0.1) is 0 Å². The SMILES string of the molecule is Cn1c(N)c(C(=O)COC(=O)c2ccc(Cl)c(Cl)c2)c(=O)[nH]c1=O. The molecule has 0 aliphatic rings. The Kier molecular flexibility index (Phi) is 5.10. The van der Waals surface area contributed by atoms with Gasteiger partial charge in [0.1, 0.15) is 11.4 Å². The molecule has 24 heavy (non-hydrogen) atoms. The molecule has 2 aromatic rings. The van der Waals surface area contributed by atoms with Crippen LogP contribution in [0, 0.1) is 0 Å². The summed E-state index contributed by atoms with van der Waals surface area (Å²) in [5, 5.41) is 0.407. The molecule has 0 aliphatic heterocycles. The van der Waals surface area contributed by atoms with Crippen LogP contribution >= 0.6 is 23.2 Å². The summed E-state index contributed by atoms with van der Waals surface area (Å²) in [5.41, 5.74) is 3.50. The number of hydrogen-bond donors (Lipinski definition) is 2. The molecule has 0 saturated heterocycles. The van der Waals surface area contributed by atoms with E-state index < -0.39 is 35.2 Å². The maximum atomic E-state index is 12.1. The molecule has 0 bridgehead atoms. The van der Waals surface area contributed by atoms with Crippen LogP contribution in [0.3, 0.4) is 0 Å². The van der Waals surface area contributed by atoms with Crippen LogP contribution in [0.15, 0.2) is 27.8 Å². The number of nitrogens with zero attached hydrogens (tertiary/aromatic N) is 1. The number of aromatic nitrogens is 2. The van der Waals surface area contributed by atoms with Gasteiger partial charge in [-0.2, -0.15) is 0 Å². The number of esters is 1. The summed E-state index contributed by atoms with van der Waals surface area (Å²) in [5.74, 6) is -2.00. The summed E-state index contributed by atoms with van der Waals surface area (Å²) in [4.78, 5) is 49.0. The smallest absolute Gasteiger partial charge is 0.338 e. The molecule has 8 nitrogen and oxygen atoms in total. The van der Waals surface area contributed by atoms with Gasteiger partial charge in [-0.1, -0.05) is 23.2 Å². The van der Waals surface area contributed by atoms with E-state index >= 15 is 0 Å². The van der Waals surface area contributed by atoms with E-state index in [0.717, 1.165) is 4.57 Å². The maximum absolute atomic E-state index is 12.1. The number of ketones is 1. The zero-order valence-corrected chi connectivity index (χ0v) is 13.8. The summed E-state index contributed by atoms with van der Waals surface area (Å²) >= 11 is 11.5. The fraction of sp³-hybridized carbons (Fsp3) is 0.143. The average Bonchev–Trinajstić information content (AvgIpc) is 2.53. The molecule has 0 atom stereocenters. The summed E-state index contributed by atoms with van der Waals surface area (Å²) in [6, 6.07) is 4.05. The molecule has 0 spiro atoms. The minimum atomic E-state index is -0.953. The van der Waals surface area contributed by atoms with Gasteiger partial charge < -0.3 is 10.5 Å². The topological polar surface area (TPSA) is 124 Å². The van der Waals surface area contributed by atoms with Crippen LogP contribution in [0.1, 0.15) is 20.7 Å². The van der Waals surface area contributed by atoms with Gasteiger partial charge in [-0.25, -0.2) is 9.59 Å². The Morgan fingerprint density at radius 2 is 1.92 bits per heavy atom. The summed E-state index contributed by atoms with van der Waals surface area (Å²) in [7, 11) is 1.28. The second kappa shape index (κ2) is 6.90. The second-order valence-electron chi connectivity index (χ2n) is 4.71. The molecule has 3 N–H and O–H groups in total. The van der Waals surface area contributed by atoms with Crippen molar-refractivity contribution < 1.29 is 14.3 Å². The van der Waals surface area contributed by atoms with E-state index in [1.165, 1.54) is 25.2 Å². The fourth-order valence-electron chi connectivity index (χ4n) is 1.82.